The highest BCUT2D eigenvalue weighted by Gasteiger charge is 2.31. The fourth-order valence-electron chi connectivity index (χ4n) is 1.82. The van der Waals surface area contributed by atoms with Gasteiger partial charge in [-0.15, -0.1) is 0 Å². The van der Waals surface area contributed by atoms with Gasteiger partial charge in [-0.25, -0.2) is 10.2 Å². The van der Waals surface area contributed by atoms with E-state index >= 15 is 0 Å². The number of hydrogen-bond donors (Lipinski definition) is 2. The molecule has 0 aromatic carbocycles. The van der Waals surface area contributed by atoms with Crippen molar-refractivity contribution in [1.29, 1.82) is 5.26 Å². The van der Waals surface area contributed by atoms with Crippen molar-refractivity contribution in [1.82, 2.24) is 10.9 Å². The average Bonchev–Trinajstić information content (AvgIpc) is 2.52. The molecule has 0 aliphatic heterocycles. The largest absolute Gasteiger partial charge is 0.452 e. The van der Waals surface area contributed by atoms with E-state index in [0.717, 1.165) is 38.5 Å². The number of carbonyl (C=O) groups excluding carboxylic acids is 1. The predicted molar refractivity (Wildman–Crippen MR) is 54.7 cm³/mol. The van der Waals surface area contributed by atoms with E-state index in [1.54, 1.807) is 0 Å². The smallest absolute Gasteiger partial charge is 0.421 e. The Morgan fingerprint density at radius 2 is 1.93 bits per heavy atom. The molecular weight excluding hydrogens is 194 g/mol. The van der Waals surface area contributed by atoms with Gasteiger partial charge in [-0.3, -0.25) is 5.43 Å². The Morgan fingerprint density at radius 3 is 2.40 bits per heavy atom. The number of methoxy groups -OCH3 is 1. The topological polar surface area (TPSA) is 74.2 Å². The molecule has 1 aliphatic rings. The van der Waals surface area contributed by atoms with Crippen LogP contribution in [0.15, 0.2) is 0 Å². The Kier molecular flexibility index (Phi) is 4.37. The van der Waals surface area contributed by atoms with E-state index in [-0.39, 0.29) is 0 Å². The highest BCUT2D eigenvalue weighted by Crippen LogP contribution is 2.25. The molecule has 0 aromatic rings. The van der Waals surface area contributed by atoms with Crippen LogP contribution >= 0.6 is 0 Å². The van der Waals surface area contributed by atoms with Crippen molar-refractivity contribution >= 4 is 6.09 Å². The van der Waals surface area contributed by atoms with Gasteiger partial charge >= 0.3 is 6.09 Å². The lowest BCUT2D eigenvalue weighted by Gasteiger charge is -2.25. The van der Waals surface area contributed by atoms with Crippen molar-refractivity contribution in [3.8, 4) is 6.07 Å². The molecule has 1 fully saturated rings. The van der Waals surface area contributed by atoms with Crippen molar-refractivity contribution in [2.24, 2.45) is 0 Å². The third-order valence-electron chi connectivity index (χ3n) is 2.76. The molecular formula is C10H17N3O2. The monoisotopic (exact) mass is 211 g/mol. The maximum atomic E-state index is 10.9. The fraction of sp³-hybridized carbons (Fsp3) is 0.800. The summed E-state index contributed by atoms with van der Waals surface area (Å²) in [6, 6.07) is 2.26. The van der Waals surface area contributed by atoms with Gasteiger partial charge in [0.1, 0.15) is 5.54 Å². The second-order valence-corrected chi connectivity index (χ2v) is 3.85. The Morgan fingerprint density at radius 1 is 1.33 bits per heavy atom. The van der Waals surface area contributed by atoms with E-state index in [0.29, 0.717) is 0 Å². The minimum Gasteiger partial charge on any atom is -0.452 e. The normalized spacial score (nSPS) is 19.7. The minimum atomic E-state index is -0.620. The van der Waals surface area contributed by atoms with E-state index in [1.165, 1.54) is 7.11 Å². The van der Waals surface area contributed by atoms with E-state index in [4.69, 9.17) is 5.26 Å². The number of rotatable bonds is 2. The summed E-state index contributed by atoms with van der Waals surface area (Å²) in [6.07, 6.45) is 5.33. The lowest BCUT2D eigenvalue weighted by atomic mass is 9.93. The van der Waals surface area contributed by atoms with Crippen LogP contribution in [0.2, 0.25) is 0 Å². The first-order chi connectivity index (χ1) is 7.22. The molecule has 5 heteroatoms. The Hall–Kier alpha value is -1.28. The van der Waals surface area contributed by atoms with E-state index < -0.39 is 11.6 Å². The fourth-order valence-corrected chi connectivity index (χ4v) is 1.82. The van der Waals surface area contributed by atoms with Crippen LogP contribution in [-0.4, -0.2) is 18.7 Å². The number of amides is 1. The Balaban J connectivity index is 2.51. The van der Waals surface area contributed by atoms with E-state index in [9.17, 15) is 4.79 Å². The summed E-state index contributed by atoms with van der Waals surface area (Å²) in [4.78, 5) is 10.9. The highest BCUT2D eigenvalue weighted by atomic mass is 16.5. The second kappa shape index (κ2) is 5.56. The number of hydrogen-bond acceptors (Lipinski definition) is 4. The average molecular weight is 211 g/mol. The summed E-state index contributed by atoms with van der Waals surface area (Å²) in [5.74, 6) is 0. The van der Waals surface area contributed by atoms with Gasteiger partial charge in [-0.2, -0.15) is 5.26 Å². The van der Waals surface area contributed by atoms with Crippen LogP contribution in [0.4, 0.5) is 4.79 Å². The predicted octanol–water partition coefficient (Wildman–Crippen LogP) is 1.46. The number of nitriles is 1. The molecule has 5 nitrogen and oxygen atoms in total. The zero-order chi connectivity index (χ0) is 11.1. The van der Waals surface area contributed by atoms with Crippen LogP contribution in [0.25, 0.3) is 0 Å². The quantitative estimate of drug-likeness (QED) is 0.535. The molecule has 0 unspecified atom stereocenters. The van der Waals surface area contributed by atoms with Gasteiger partial charge < -0.3 is 4.74 Å². The maximum Gasteiger partial charge on any atom is 0.421 e. The molecule has 0 saturated heterocycles. The van der Waals surface area contributed by atoms with Gasteiger partial charge in [-0.1, -0.05) is 25.7 Å². The first kappa shape index (κ1) is 11.8. The lowest BCUT2D eigenvalue weighted by Crippen LogP contribution is -2.53. The third-order valence-corrected chi connectivity index (χ3v) is 2.76. The van der Waals surface area contributed by atoms with Crippen molar-refractivity contribution in [3.05, 3.63) is 0 Å². The highest BCUT2D eigenvalue weighted by molar-refractivity contribution is 5.66. The van der Waals surface area contributed by atoms with Crippen molar-refractivity contribution in [2.75, 3.05) is 7.11 Å². The van der Waals surface area contributed by atoms with Gasteiger partial charge in [-0.05, 0) is 12.8 Å². The zero-order valence-corrected chi connectivity index (χ0v) is 9.01. The van der Waals surface area contributed by atoms with Crippen LogP contribution in [0, 0.1) is 11.3 Å². The molecule has 1 rings (SSSR count). The molecule has 0 bridgehead atoms. The van der Waals surface area contributed by atoms with Gasteiger partial charge in [0.05, 0.1) is 13.2 Å². The SMILES string of the molecule is COC(=O)NNC1(C#N)CCCCCC1. The Labute approximate surface area is 89.8 Å². The van der Waals surface area contributed by atoms with Crippen molar-refractivity contribution < 1.29 is 9.53 Å². The second-order valence-electron chi connectivity index (χ2n) is 3.85. The van der Waals surface area contributed by atoms with Crippen LogP contribution in [0.5, 0.6) is 0 Å². The summed E-state index contributed by atoms with van der Waals surface area (Å²) in [7, 11) is 1.29. The van der Waals surface area contributed by atoms with Gasteiger partial charge in [0.15, 0.2) is 0 Å². The summed E-state index contributed by atoms with van der Waals surface area (Å²) < 4.78 is 4.44. The molecule has 1 saturated carbocycles. The number of carbonyl (C=O) groups is 1. The summed E-state index contributed by atoms with van der Waals surface area (Å²) in [5.41, 5.74) is 4.56. The first-order valence-corrected chi connectivity index (χ1v) is 5.25. The molecule has 0 atom stereocenters. The summed E-state index contributed by atoms with van der Waals surface area (Å²) in [6.45, 7) is 0. The van der Waals surface area contributed by atoms with Crippen LogP contribution < -0.4 is 10.9 Å². The van der Waals surface area contributed by atoms with Gasteiger partial charge in [0.25, 0.3) is 0 Å². The molecule has 0 radical (unpaired) electrons. The molecule has 15 heavy (non-hydrogen) atoms. The number of nitrogens with zero attached hydrogens (tertiary/aromatic N) is 1. The van der Waals surface area contributed by atoms with Gasteiger partial charge in [0, 0.05) is 0 Å². The summed E-state index contributed by atoms with van der Waals surface area (Å²) in [5, 5.41) is 9.15. The first-order valence-electron chi connectivity index (χ1n) is 5.25. The van der Waals surface area contributed by atoms with Crippen LogP contribution in [-0.2, 0) is 4.74 Å². The Bertz CT molecular complexity index is 252. The van der Waals surface area contributed by atoms with E-state index in [1.807, 2.05) is 0 Å². The van der Waals surface area contributed by atoms with E-state index in [2.05, 4.69) is 21.7 Å². The number of hydrazine groups is 1. The van der Waals surface area contributed by atoms with Crippen LogP contribution in [0.1, 0.15) is 38.5 Å². The molecule has 0 aromatic heterocycles. The van der Waals surface area contributed by atoms with Gasteiger partial charge in [0.2, 0.25) is 0 Å². The molecule has 2 N–H and O–H groups in total. The number of nitrogens with one attached hydrogen (secondary N) is 2. The molecule has 1 aliphatic carbocycles. The lowest BCUT2D eigenvalue weighted by molar-refractivity contribution is 0.158. The maximum absolute atomic E-state index is 10.9. The molecule has 0 heterocycles. The van der Waals surface area contributed by atoms with Crippen molar-refractivity contribution in [3.63, 3.8) is 0 Å². The third kappa shape index (κ3) is 3.40. The zero-order valence-electron chi connectivity index (χ0n) is 9.01. The number of ether oxygens (including phenoxy) is 1. The van der Waals surface area contributed by atoms with Crippen molar-refractivity contribution in [2.45, 2.75) is 44.1 Å². The molecule has 1 amide bonds. The van der Waals surface area contributed by atoms with Crippen LogP contribution in [0.3, 0.4) is 0 Å². The molecule has 0 spiro atoms. The summed E-state index contributed by atoms with van der Waals surface area (Å²) >= 11 is 0. The molecule has 84 valence electrons. The standard InChI is InChI=1S/C10H17N3O2/c1-15-9(14)12-13-10(8-11)6-4-2-3-5-7-10/h13H,2-7H2,1H3,(H,12,14). The minimum absolute atomic E-state index is 0.561.